The molecule has 1 aromatic heterocycles. The third-order valence-electron chi connectivity index (χ3n) is 5.75. The maximum atomic E-state index is 12.5. The third kappa shape index (κ3) is 4.09. The van der Waals surface area contributed by atoms with E-state index < -0.39 is 0 Å². The van der Waals surface area contributed by atoms with Gasteiger partial charge in [-0.2, -0.15) is 5.10 Å². The van der Waals surface area contributed by atoms with E-state index in [0.717, 1.165) is 48.9 Å². The van der Waals surface area contributed by atoms with E-state index >= 15 is 0 Å². The molecule has 2 aromatic rings. The van der Waals surface area contributed by atoms with Crippen molar-refractivity contribution < 1.29 is 9.47 Å². The van der Waals surface area contributed by atoms with Gasteiger partial charge in [-0.1, -0.05) is 23.7 Å². The topological polar surface area (TPSA) is 65.4 Å². The zero-order valence-corrected chi connectivity index (χ0v) is 16.9. The van der Waals surface area contributed by atoms with Crippen molar-refractivity contribution in [3.05, 3.63) is 56.5 Å². The Balaban J connectivity index is 1.36. The predicted molar refractivity (Wildman–Crippen MR) is 108 cm³/mol. The molecule has 1 saturated carbocycles. The number of methoxy groups -OCH3 is 1. The smallest absolute Gasteiger partial charge is 0.267 e. The van der Waals surface area contributed by atoms with Crippen LogP contribution in [0.3, 0.4) is 0 Å². The number of rotatable bonds is 5. The molecular formula is C21H26ClN3O3. The Bertz CT molecular complexity index is 891. The van der Waals surface area contributed by atoms with Gasteiger partial charge in [0.1, 0.15) is 5.75 Å². The van der Waals surface area contributed by atoms with Crippen molar-refractivity contribution in [1.82, 2.24) is 15.1 Å². The molecule has 1 N–H and O–H groups in total. The van der Waals surface area contributed by atoms with Gasteiger partial charge in [0.15, 0.2) is 0 Å². The van der Waals surface area contributed by atoms with E-state index in [9.17, 15) is 4.79 Å². The third-order valence-corrected chi connectivity index (χ3v) is 6.18. The van der Waals surface area contributed by atoms with Crippen LogP contribution in [0.1, 0.15) is 48.5 Å². The molecule has 0 amide bonds. The number of nitrogens with one attached hydrogen (secondary N) is 1. The maximum absolute atomic E-state index is 12.5. The summed E-state index contributed by atoms with van der Waals surface area (Å²) in [6, 6.07) is 8.14. The SMILES string of the molecule is COc1cccc(CNC2CCC(n3nc4c(cc3=O)COCC4)CC2)c1Cl. The second kappa shape index (κ2) is 8.64. The van der Waals surface area contributed by atoms with Gasteiger partial charge in [0.25, 0.3) is 5.56 Å². The largest absolute Gasteiger partial charge is 0.495 e. The van der Waals surface area contributed by atoms with Crippen molar-refractivity contribution in [1.29, 1.82) is 0 Å². The quantitative estimate of drug-likeness (QED) is 0.830. The average molecular weight is 404 g/mol. The molecule has 150 valence electrons. The molecule has 1 aromatic carbocycles. The molecule has 0 radical (unpaired) electrons. The van der Waals surface area contributed by atoms with Crippen LogP contribution in [0.4, 0.5) is 0 Å². The molecule has 4 rings (SSSR count). The molecule has 1 fully saturated rings. The molecule has 0 bridgehead atoms. The normalized spacial score (nSPS) is 21.9. The summed E-state index contributed by atoms with van der Waals surface area (Å²) < 4.78 is 12.4. The van der Waals surface area contributed by atoms with Crippen molar-refractivity contribution in [2.24, 2.45) is 0 Å². The summed E-state index contributed by atoms with van der Waals surface area (Å²) in [5.74, 6) is 0.702. The lowest BCUT2D eigenvalue weighted by molar-refractivity contribution is 0.107. The monoisotopic (exact) mass is 403 g/mol. The number of hydrogen-bond acceptors (Lipinski definition) is 5. The van der Waals surface area contributed by atoms with Gasteiger partial charge in [-0.05, 0) is 37.3 Å². The van der Waals surface area contributed by atoms with Crippen LogP contribution >= 0.6 is 11.6 Å². The predicted octanol–water partition coefficient (Wildman–Crippen LogP) is 3.25. The minimum absolute atomic E-state index is 0.0104. The van der Waals surface area contributed by atoms with Gasteiger partial charge < -0.3 is 14.8 Å². The molecule has 0 atom stereocenters. The lowest BCUT2D eigenvalue weighted by Crippen LogP contribution is -2.37. The van der Waals surface area contributed by atoms with Crippen LogP contribution in [0.5, 0.6) is 5.75 Å². The summed E-state index contributed by atoms with van der Waals surface area (Å²) >= 11 is 6.39. The number of nitrogens with zero attached hydrogens (tertiary/aromatic N) is 2. The number of ether oxygens (including phenoxy) is 2. The van der Waals surface area contributed by atoms with Gasteiger partial charge in [0.05, 0.1) is 37.1 Å². The first-order valence-electron chi connectivity index (χ1n) is 9.90. The van der Waals surface area contributed by atoms with Crippen LogP contribution in [-0.2, 0) is 24.3 Å². The number of halogens is 1. The summed E-state index contributed by atoms with van der Waals surface area (Å²) in [7, 11) is 1.63. The first-order valence-corrected chi connectivity index (χ1v) is 10.3. The van der Waals surface area contributed by atoms with Crippen molar-refractivity contribution >= 4 is 11.6 Å². The van der Waals surface area contributed by atoms with Crippen molar-refractivity contribution in [2.45, 2.75) is 57.3 Å². The number of hydrogen-bond donors (Lipinski definition) is 1. The fourth-order valence-electron chi connectivity index (χ4n) is 4.12. The lowest BCUT2D eigenvalue weighted by Gasteiger charge is -2.30. The first-order chi connectivity index (χ1) is 13.7. The Labute approximate surface area is 169 Å². The summed E-state index contributed by atoms with van der Waals surface area (Å²) in [5.41, 5.74) is 2.98. The van der Waals surface area contributed by atoms with Crippen molar-refractivity contribution in [2.75, 3.05) is 13.7 Å². The van der Waals surface area contributed by atoms with E-state index in [2.05, 4.69) is 10.4 Å². The molecule has 7 heteroatoms. The van der Waals surface area contributed by atoms with Gasteiger partial charge in [0.2, 0.25) is 0 Å². The summed E-state index contributed by atoms with van der Waals surface area (Å²) in [6.45, 7) is 1.89. The van der Waals surface area contributed by atoms with E-state index in [0.29, 0.717) is 36.6 Å². The first kappa shape index (κ1) is 19.4. The Morgan fingerprint density at radius 2 is 2.14 bits per heavy atom. The molecule has 0 saturated heterocycles. The van der Waals surface area contributed by atoms with E-state index in [4.69, 9.17) is 21.1 Å². The van der Waals surface area contributed by atoms with Crippen molar-refractivity contribution in [3.8, 4) is 5.75 Å². The zero-order valence-electron chi connectivity index (χ0n) is 16.1. The van der Waals surface area contributed by atoms with Crippen molar-refractivity contribution in [3.63, 3.8) is 0 Å². The fourth-order valence-corrected chi connectivity index (χ4v) is 4.39. The zero-order chi connectivity index (χ0) is 19.5. The van der Waals surface area contributed by atoms with E-state index in [1.807, 2.05) is 18.2 Å². The van der Waals surface area contributed by atoms with Gasteiger partial charge in [0, 0.05) is 30.6 Å². The lowest BCUT2D eigenvalue weighted by atomic mass is 9.91. The minimum Gasteiger partial charge on any atom is -0.495 e. The minimum atomic E-state index is -0.0104. The van der Waals surface area contributed by atoms with Crippen LogP contribution < -0.4 is 15.6 Å². The molecular weight excluding hydrogens is 378 g/mol. The van der Waals surface area contributed by atoms with E-state index in [1.54, 1.807) is 17.9 Å². The Morgan fingerprint density at radius 1 is 1.32 bits per heavy atom. The molecule has 2 heterocycles. The number of aromatic nitrogens is 2. The Hall–Kier alpha value is -1.89. The average Bonchev–Trinajstić information content (AvgIpc) is 2.73. The molecule has 1 aliphatic heterocycles. The number of fused-ring (bicyclic) bond motifs is 1. The molecule has 6 nitrogen and oxygen atoms in total. The maximum Gasteiger partial charge on any atom is 0.267 e. The molecule has 1 aliphatic carbocycles. The van der Waals surface area contributed by atoms with E-state index in [-0.39, 0.29) is 11.6 Å². The van der Waals surface area contributed by atoms with Crippen LogP contribution in [0.2, 0.25) is 5.02 Å². The van der Waals surface area contributed by atoms with Gasteiger partial charge in [-0.25, -0.2) is 4.68 Å². The summed E-state index contributed by atoms with van der Waals surface area (Å²) in [5, 5.41) is 8.93. The molecule has 0 unspecified atom stereocenters. The second-order valence-corrected chi connectivity index (χ2v) is 7.90. The summed E-state index contributed by atoms with van der Waals surface area (Å²) in [4.78, 5) is 12.5. The number of benzene rings is 1. The molecule has 2 aliphatic rings. The summed E-state index contributed by atoms with van der Waals surface area (Å²) in [6.07, 6.45) is 4.71. The van der Waals surface area contributed by atoms with Gasteiger partial charge in [-0.15, -0.1) is 0 Å². The standard InChI is InChI=1S/C21H26ClN3O3/c1-27-19-4-2-3-14(21(19)22)12-23-16-5-7-17(8-6-16)25-20(26)11-15-13-28-10-9-18(15)24-25/h2-4,11,16-17,23H,5-10,12-13H2,1H3. The van der Waals surface area contributed by atoms with Crippen LogP contribution in [-0.4, -0.2) is 29.5 Å². The highest BCUT2D eigenvalue weighted by atomic mass is 35.5. The second-order valence-electron chi connectivity index (χ2n) is 7.52. The van der Waals surface area contributed by atoms with Crippen LogP contribution in [0, 0.1) is 0 Å². The van der Waals surface area contributed by atoms with E-state index in [1.165, 1.54) is 0 Å². The molecule has 0 spiro atoms. The van der Waals surface area contributed by atoms with Gasteiger partial charge >= 0.3 is 0 Å². The highest BCUT2D eigenvalue weighted by Gasteiger charge is 2.25. The fraction of sp³-hybridized carbons (Fsp3) is 0.524. The highest BCUT2D eigenvalue weighted by molar-refractivity contribution is 6.32. The molecule has 28 heavy (non-hydrogen) atoms. The van der Waals surface area contributed by atoms with Gasteiger partial charge in [-0.3, -0.25) is 4.79 Å². The Morgan fingerprint density at radius 3 is 2.93 bits per heavy atom. The van der Waals surface area contributed by atoms with Crippen LogP contribution in [0.25, 0.3) is 0 Å². The Kier molecular flexibility index (Phi) is 5.99. The highest BCUT2D eigenvalue weighted by Crippen LogP contribution is 2.30. The van der Waals surface area contributed by atoms with Crippen LogP contribution in [0.15, 0.2) is 29.1 Å².